The van der Waals surface area contributed by atoms with Gasteiger partial charge in [-0.05, 0) is 43.4 Å². The highest BCUT2D eigenvalue weighted by Crippen LogP contribution is 2.26. The molecular weight excluding hydrogens is 582 g/mol. The van der Waals surface area contributed by atoms with Crippen LogP contribution >= 0.6 is 0 Å². The molecule has 0 bridgehead atoms. The van der Waals surface area contributed by atoms with Crippen molar-refractivity contribution in [3.8, 4) is 5.75 Å². The Hall–Kier alpha value is -3.99. The van der Waals surface area contributed by atoms with Crippen LogP contribution in [0.1, 0.15) is 96.0 Å². The van der Waals surface area contributed by atoms with Gasteiger partial charge in [-0.25, -0.2) is 9.59 Å². The lowest BCUT2D eigenvalue weighted by Gasteiger charge is -2.29. The first-order valence-corrected chi connectivity index (χ1v) is 15.7. The number of aliphatic hydroxyl groups is 1. The number of aliphatic carboxylic acids is 3. The Balaban J connectivity index is 2.82. The van der Waals surface area contributed by atoms with Crippen LogP contribution in [0.2, 0.25) is 0 Å². The second-order valence-electron chi connectivity index (χ2n) is 11.2. The number of carboxylic acid groups (broad SMARTS) is 3. The summed E-state index contributed by atoms with van der Waals surface area (Å²) in [5.41, 5.74) is -2.48. The van der Waals surface area contributed by atoms with Crippen molar-refractivity contribution in [2.75, 3.05) is 6.61 Å². The third kappa shape index (κ3) is 15.5. The summed E-state index contributed by atoms with van der Waals surface area (Å²) in [5.74, 6) is -7.18. The summed E-state index contributed by atoms with van der Waals surface area (Å²) in [6.07, 6.45) is 12.8. The van der Waals surface area contributed by atoms with Crippen LogP contribution in [0.4, 0.5) is 0 Å². The molecule has 1 rings (SSSR count). The number of benzene rings is 1. The van der Waals surface area contributed by atoms with E-state index < -0.39 is 47.8 Å². The van der Waals surface area contributed by atoms with Crippen LogP contribution in [0.15, 0.2) is 49.1 Å². The largest absolute Gasteiger partial charge is 0.490 e. The van der Waals surface area contributed by atoms with E-state index >= 15 is 0 Å². The Morgan fingerprint density at radius 3 is 2.04 bits per heavy atom. The van der Waals surface area contributed by atoms with Crippen LogP contribution in [0.5, 0.6) is 5.75 Å². The number of carbonyl (C=O) groups is 5. The van der Waals surface area contributed by atoms with E-state index in [1.165, 1.54) is 12.5 Å². The number of carboxylic acids is 3. The summed E-state index contributed by atoms with van der Waals surface area (Å²) in [5, 5.41) is 41.9. The van der Waals surface area contributed by atoms with E-state index in [-0.39, 0.29) is 18.8 Å². The molecular formula is C34H49NO10. The van der Waals surface area contributed by atoms with E-state index in [0.717, 1.165) is 51.0 Å². The van der Waals surface area contributed by atoms with Gasteiger partial charge in [0.25, 0.3) is 0 Å². The SMILES string of the molecule is C=CCOc1ccc(CC(NC(=O)C(/C=C/CCCCCCC(=O)CCCCCCC)C(O)(CC(=O)O)C(=O)O)C(=O)O)cc1. The quantitative estimate of drug-likeness (QED) is 0.0680. The summed E-state index contributed by atoms with van der Waals surface area (Å²) in [4.78, 5) is 60.7. The molecule has 0 aliphatic heterocycles. The summed E-state index contributed by atoms with van der Waals surface area (Å²) in [6, 6.07) is 4.97. The minimum absolute atomic E-state index is 0.162. The van der Waals surface area contributed by atoms with E-state index in [4.69, 9.17) is 4.74 Å². The molecule has 1 aromatic carbocycles. The van der Waals surface area contributed by atoms with Crippen LogP contribution in [0, 0.1) is 5.92 Å². The third-order valence-electron chi connectivity index (χ3n) is 7.40. The smallest absolute Gasteiger partial charge is 0.337 e. The molecule has 250 valence electrons. The molecule has 0 aliphatic rings. The molecule has 1 aromatic rings. The highest BCUT2D eigenvalue weighted by molar-refractivity contribution is 5.94. The first-order chi connectivity index (χ1) is 21.4. The predicted molar refractivity (Wildman–Crippen MR) is 169 cm³/mol. The fourth-order valence-electron chi connectivity index (χ4n) is 4.81. The third-order valence-corrected chi connectivity index (χ3v) is 7.40. The number of rotatable bonds is 26. The fraction of sp³-hybridized carbons (Fsp3) is 0.559. The lowest BCUT2D eigenvalue weighted by Crippen LogP contribution is -2.55. The first-order valence-electron chi connectivity index (χ1n) is 15.7. The van der Waals surface area contributed by atoms with Crippen molar-refractivity contribution in [1.82, 2.24) is 5.32 Å². The molecule has 3 unspecified atom stereocenters. The molecule has 0 fully saturated rings. The topological polar surface area (TPSA) is 188 Å². The van der Waals surface area contributed by atoms with Gasteiger partial charge in [0, 0.05) is 19.3 Å². The average Bonchev–Trinajstić information content (AvgIpc) is 2.98. The molecule has 0 radical (unpaired) electrons. The van der Waals surface area contributed by atoms with Gasteiger partial charge < -0.3 is 30.5 Å². The monoisotopic (exact) mass is 631 g/mol. The number of ether oxygens (including phenoxy) is 1. The Labute approximate surface area is 265 Å². The zero-order valence-corrected chi connectivity index (χ0v) is 26.2. The van der Waals surface area contributed by atoms with Gasteiger partial charge >= 0.3 is 17.9 Å². The first kappa shape index (κ1) is 39.0. The fourth-order valence-corrected chi connectivity index (χ4v) is 4.81. The van der Waals surface area contributed by atoms with Crippen molar-refractivity contribution < 1.29 is 49.1 Å². The van der Waals surface area contributed by atoms with Gasteiger partial charge in [-0.2, -0.15) is 0 Å². The Bertz CT molecular complexity index is 1130. The van der Waals surface area contributed by atoms with E-state index in [0.29, 0.717) is 37.0 Å². The number of nitrogens with one attached hydrogen (secondary N) is 1. The normalized spacial score (nSPS) is 13.8. The van der Waals surface area contributed by atoms with E-state index in [2.05, 4.69) is 18.8 Å². The number of carbonyl (C=O) groups excluding carboxylic acids is 2. The van der Waals surface area contributed by atoms with E-state index in [1.54, 1.807) is 30.3 Å². The zero-order valence-electron chi connectivity index (χ0n) is 26.2. The molecule has 45 heavy (non-hydrogen) atoms. The van der Waals surface area contributed by atoms with Gasteiger partial charge in [-0.1, -0.05) is 82.4 Å². The highest BCUT2D eigenvalue weighted by Gasteiger charge is 2.49. The number of hydrogen-bond acceptors (Lipinski definition) is 7. The number of ketones is 1. The van der Waals surface area contributed by atoms with Gasteiger partial charge in [0.05, 0.1) is 12.3 Å². The van der Waals surface area contributed by atoms with Crippen molar-refractivity contribution in [2.24, 2.45) is 5.92 Å². The van der Waals surface area contributed by atoms with Crippen LogP contribution in [0.3, 0.4) is 0 Å². The molecule has 0 saturated carbocycles. The standard InChI is InChI=1S/C34H49NO10/c1-3-5-6-9-12-15-26(36)16-13-10-7-8-11-14-17-28(34(44,33(42)43)24-30(37)38)31(39)35-29(32(40)41)23-25-18-20-27(21-19-25)45-22-4-2/h4,14,17-21,28-29,44H,2-3,5-13,15-16,22-24H2,1H3,(H,35,39)(H,37,38)(H,40,41)(H,42,43)/b17-14+. The number of allylic oxidation sites excluding steroid dienone is 1. The second kappa shape index (κ2) is 21.7. The Morgan fingerprint density at radius 1 is 0.911 bits per heavy atom. The van der Waals surface area contributed by atoms with Gasteiger partial charge in [-0.15, -0.1) is 0 Å². The lowest BCUT2D eigenvalue weighted by atomic mass is 9.82. The number of Topliss-reactive ketones (excluding diaryl/α,β-unsaturated/α-hetero) is 1. The minimum atomic E-state index is -3.02. The number of unbranched alkanes of at least 4 members (excludes halogenated alkanes) is 8. The maximum Gasteiger partial charge on any atom is 0.337 e. The molecule has 3 atom stereocenters. The molecule has 11 heteroatoms. The summed E-state index contributed by atoms with van der Waals surface area (Å²) in [7, 11) is 0. The second-order valence-corrected chi connectivity index (χ2v) is 11.2. The molecule has 0 aliphatic carbocycles. The molecule has 5 N–H and O–H groups in total. The van der Waals surface area contributed by atoms with Crippen molar-refractivity contribution in [3.05, 3.63) is 54.6 Å². The van der Waals surface area contributed by atoms with Crippen LogP contribution in [-0.4, -0.2) is 68.3 Å². The number of amides is 1. The van der Waals surface area contributed by atoms with Crippen molar-refractivity contribution in [1.29, 1.82) is 0 Å². The number of hydrogen-bond donors (Lipinski definition) is 5. The van der Waals surface area contributed by atoms with Crippen LogP contribution < -0.4 is 10.1 Å². The molecule has 0 saturated heterocycles. The van der Waals surface area contributed by atoms with Crippen molar-refractivity contribution in [3.63, 3.8) is 0 Å². The van der Waals surface area contributed by atoms with Gasteiger partial charge in [-0.3, -0.25) is 14.4 Å². The van der Waals surface area contributed by atoms with Gasteiger partial charge in [0.2, 0.25) is 5.91 Å². The Kier molecular flexibility index (Phi) is 18.8. The lowest BCUT2D eigenvalue weighted by molar-refractivity contribution is -0.172. The van der Waals surface area contributed by atoms with Crippen LogP contribution in [-0.2, 0) is 30.4 Å². The van der Waals surface area contributed by atoms with E-state index in [1.807, 2.05) is 0 Å². The van der Waals surface area contributed by atoms with Crippen molar-refractivity contribution in [2.45, 2.75) is 108 Å². The molecule has 0 spiro atoms. The van der Waals surface area contributed by atoms with E-state index in [9.17, 15) is 44.4 Å². The summed E-state index contributed by atoms with van der Waals surface area (Å²) < 4.78 is 5.40. The maximum atomic E-state index is 13.2. The zero-order chi connectivity index (χ0) is 33.7. The predicted octanol–water partition coefficient (Wildman–Crippen LogP) is 5.10. The van der Waals surface area contributed by atoms with Crippen LogP contribution in [0.25, 0.3) is 0 Å². The molecule has 0 aromatic heterocycles. The van der Waals surface area contributed by atoms with Gasteiger partial charge in [0.1, 0.15) is 24.2 Å². The highest BCUT2D eigenvalue weighted by atomic mass is 16.5. The molecule has 0 heterocycles. The maximum absolute atomic E-state index is 13.2. The van der Waals surface area contributed by atoms with Gasteiger partial charge in [0.15, 0.2) is 5.60 Å². The summed E-state index contributed by atoms with van der Waals surface area (Å²) >= 11 is 0. The minimum Gasteiger partial charge on any atom is -0.490 e. The summed E-state index contributed by atoms with van der Waals surface area (Å²) in [6.45, 7) is 5.99. The molecule has 11 nitrogen and oxygen atoms in total. The molecule has 1 amide bonds. The average molecular weight is 632 g/mol. The Morgan fingerprint density at radius 2 is 1.51 bits per heavy atom. The van der Waals surface area contributed by atoms with Crippen molar-refractivity contribution >= 4 is 29.6 Å².